The molecule has 0 heterocycles. The van der Waals surface area contributed by atoms with E-state index in [9.17, 15) is 9.90 Å². The molecule has 0 fully saturated rings. The van der Waals surface area contributed by atoms with Crippen LogP contribution in [0.3, 0.4) is 0 Å². The molecule has 0 saturated carbocycles. The van der Waals surface area contributed by atoms with Crippen LogP contribution in [0.2, 0.25) is 0 Å². The minimum atomic E-state index is -0.877. The molecule has 3 aromatic rings. The Balaban J connectivity index is 0.000000902. The van der Waals surface area contributed by atoms with E-state index in [1.165, 1.54) is 0 Å². The second kappa shape index (κ2) is 5.51. The molecule has 3 heteroatoms. The minimum Gasteiger partial charge on any atom is -1.00 e. The first-order chi connectivity index (χ1) is 8.27. The third-order valence-corrected chi connectivity index (χ3v) is 2.99. The van der Waals surface area contributed by atoms with Crippen molar-refractivity contribution in [2.75, 3.05) is 0 Å². The molecule has 2 nitrogen and oxygen atoms in total. The van der Waals surface area contributed by atoms with Crippen molar-refractivity contribution in [3.63, 3.8) is 0 Å². The van der Waals surface area contributed by atoms with Gasteiger partial charge in [-0.15, -0.1) is 0 Å². The Kier molecular flexibility index (Phi) is 4.20. The van der Waals surface area contributed by atoms with Crippen molar-refractivity contribution in [2.45, 2.75) is 0 Å². The molecule has 0 aromatic heterocycles. The summed E-state index contributed by atoms with van der Waals surface area (Å²) in [4.78, 5) is 11.4. The third kappa shape index (κ3) is 2.24. The normalized spacial score (nSPS) is 10.2. The SMILES string of the molecule is O=C(O)c1c2ccccc2cc2ccccc12.[H-].[K+]. The summed E-state index contributed by atoms with van der Waals surface area (Å²) in [7, 11) is 0. The van der Waals surface area contributed by atoms with Crippen LogP contribution < -0.4 is 51.4 Å². The van der Waals surface area contributed by atoms with Crippen LogP contribution in [-0.2, 0) is 0 Å². The van der Waals surface area contributed by atoms with Gasteiger partial charge in [0, 0.05) is 0 Å². The van der Waals surface area contributed by atoms with Gasteiger partial charge in [-0.3, -0.25) is 0 Å². The average molecular weight is 262 g/mol. The van der Waals surface area contributed by atoms with Crippen LogP contribution in [-0.4, -0.2) is 11.1 Å². The molecule has 3 rings (SSSR count). The van der Waals surface area contributed by atoms with Gasteiger partial charge in [0.25, 0.3) is 0 Å². The largest absolute Gasteiger partial charge is 1.00 e. The fourth-order valence-corrected chi connectivity index (χ4v) is 2.24. The summed E-state index contributed by atoms with van der Waals surface area (Å²) in [5, 5.41) is 12.9. The minimum absolute atomic E-state index is 0. The van der Waals surface area contributed by atoms with E-state index < -0.39 is 5.97 Å². The Bertz CT molecular complexity index is 686. The number of carboxylic acids is 1. The summed E-state index contributed by atoms with van der Waals surface area (Å²) in [5.74, 6) is -0.877. The van der Waals surface area contributed by atoms with Crippen molar-refractivity contribution in [3.8, 4) is 0 Å². The molecule has 0 saturated heterocycles. The van der Waals surface area contributed by atoms with E-state index in [-0.39, 0.29) is 52.8 Å². The number of benzene rings is 3. The quantitative estimate of drug-likeness (QED) is 0.520. The second-order valence-electron chi connectivity index (χ2n) is 4.00. The average Bonchev–Trinajstić information content (AvgIpc) is 2.35. The third-order valence-electron chi connectivity index (χ3n) is 2.99. The molecule has 84 valence electrons. The molecule has 0 bridgehead atoms. The van der Waals surface area contributed by atoms with E-state index in [1.54, 1.807) is 0 Å². The number of fused-ring (bicyclic) bond motifs is 2. The van der Waals surface area contributed by atoms with Gasteiger partial charge in [-0.05, 0) is 27.6 Å². The van der Waals surface area contributed by atoms with Crippen LogP contribution in [0.15, 0.2) is 54.6 Å². The first-order valence-electron chi connectivity index (χ1n) is 5.41. The van der Waals surface area contributed by atoms with E-state index in [0.717, 1.165) is 21.5 Å². The predicted molar refractivity (Wildman–Crippen MR) is 69.5 cm³/mol. The first-order valence-corrected chi connectivity index (χ1v) is 5.41. The van der Waals surface area contributed by atoms with Crippen molar-refractivity contribution < 1.29 is 62.7 Å². The zero-order valence-electron chi connectivity index (χ0n) is 11.1. The second-order valence-corrected chi connectivity index (χ2v) is 4.00. The molecule has 0 unspecified atom stereocenters. The van der Waals surface area contributed by atoms with Crippen LogP contribution in [0.1, 0.15) is 11.8 Å². The van der Waals surface area contributed by atoms with Gasteiger partial charge >= 0.3 is 57.4 Å². The van der Waals surface area contributed by atoms with Gasteiger partial charge in [-0.2, -0.15) is 0 Å². The van der Waals surface area contributed by atoms with Gasteiger partial charge in [0.2, 0.25) is 0 Å². The molecule has 0 spiro atoms. The molecule has 0 amide bonds. The summed E-state index contributed by atoms with van der Waals surface area (Å²) < 4.78 is 0. The van der Waals surface area contributed by atoms with E-state index >= 15 is 0 Å². The van der Waals surface area contributed by atoms with E-state index in [1.807, 2.05) is 54.6 Å². The number of carboxylic acid groups (broad SMARTS) is 1. The van der Waals surface area contributed by atoms with Crippen LogP contribution in [0.5, 0.6) is 0 Å². The van der Waals surface area contributed by atoms with Crippen molar-refractivity contribution in [3.05, 3.63) is 60.2 Å². The maximum Gasteiger partial charge on any atom is 1.00 e. The molecule has 0 aliphatic heterocycles. The fraction of sp³-hybridized carbons (Fsp3) is 0. The summed E-state index contributed by atoms with van der Waals surface area (Å²) in [5.41, 5.74) is 0.388. The molecule has 18 heavy (non-hydrogen) atoms. The van der Waals surface area contributed by atoms with Crippen LogP contribution in [0.4, 0.5) is 0 Å². The van der Waals surface area contributed by atoms with Crippen LogP contribution in [0, 0.1) is 0 Å². The summed E-state index contributed by atoms with van der Waals surface area (Å²) >= 11 is 0. The monoisotopic (exact) mass is 262 g/mol. The molecule has 0 atom stereocenters. The molecular formula is C15H11KO2. The Morgan fingerprint density at radius 3 is 1.78 bits per heavy atom. The van der Waals surface area contributed by atoms with Gasteiger partial charge < -0.3 is 6.53 Å². The summed E-state index contributed by atoms with van der Waals surface area (Å²) in [6.07, 6.45) is 0. The maximum atomic E-state index is 11.4. The van der Waals surface area contributed by atoms with Crippen LogP contribution >= 0.6 is 0 Å². The van der Waals surface area contributed by atoms with Crippen molar-refractivity contribution in [2.24, 2.45) is 0 Å². The summed E-state index contributed by atoms with van der Waals surface area (Å²) in [6.45, 7) is 0. The van der Waals surface area contributed by atoms with Gasteiger partial charge in [0.15, 0.2) is 0 Å². The number of carbonyl (C=O) groups is 1. The van der Waals surface area contributed by atoms with Gasteiger partial charge in [-0.1, -0.05) is 48.5 Å². The van der Waals surface area contributed by atoms with Crippen molar-refractivity contribution in [1.29, 1.82) is 0 Å². The van der Waals surface area contributed by atoms with Gasteiger partial charge in [-0.25, -0.2) is 4.79 Å². The first kappa shape index (κ1) is 13.7. The summed E-state index contributed by atoms with van der Waals surface area (Å²) in [6, 6.07) is 17.2. The Labute approximate surface area is 149 Å². The zero-order valence-corrected chi connectivity index (χ0v) is 13.2. The molecule has 0 radical (unpaired) electrons. The Morgan fingerprint density at radius 1 is 0.889 bits per heavy atom. The number of hydrogen-bond donors (Lipinski definition) is 1. The standard InChI is InChI=1S/C15H10O2.K.H/c16-15(17)14-12-7-3-1-5-10(12)9-11-6-2-4-8-13(11)14;;/h1-9H,(H,16,17);;/q;+1;-1. The van der Waals surface area contributed by atoms with Crippen molar-refractivity contribution >= 4 is 27.5 Å². The van der Waals surface area contributed by atoms with E-state index in [4.69, 9.17) is 0 Å². The Hall–Kier alpha value is -0.714. The maximum absolute atomic E-state index is 11.4. The predicted octanol–water partition coefficient (Wildman–Crippen LogP) is 0.808. The fourth-order valence-electron chi connectivity index (χ4n) is 2.24. The number of hydrogen-bond acceptors (Lipinski definition) is 1. The van der Waals surface area contributed by atoms with Gasteiger partial charge in [0.05, 0.1) is 5.56 Å². The molecule has 1 N–H and O–H groups in total. The van der Waals surface area contributed by atoms with E-state index in [0.29, 0.717) is 5.56 Å². The topological polar surface area (TPSA) is 37.3 Å². The molecule has 3 aromatic carbocycles. The number of aromatic carboxylic acids is 1. The number of rotatable bonds is 1. The molecule has 0 aliphatic rings. The van der Waals surface area contributed by atoms with E-state index in [2.05, 4.69) is 0 Å². The molecule has 0 aliphatic carbocycles. The van der Waals surface area contributed by atoms with Crippen LogP contribution in [0.25, 0.3) is 21.5 Å². The molecular weight excluding hydrogens is 251 g/mol. The smallest absolute Gasteiger partial charge is 1.00 e. The van der Waals surface area contributed by atoms with Gasteiger partial charge in [0.1, 0.15) is 0 Å². The Morgan fingerprint density at radius 2 is 1.33 bits per heavy atom. The zero-order chi connectivity index (χ0) is 11.8. The van der Waals surface area contributed by atoms with Crippen molar-refractivity contribution in [1.82, 2.24) is 0 Å².